The smallest absolute Gasteiger partial charge is 0.155 e. The summed E-state index contributed by atoms with van der Waals surface area (Å²) >= 11 is 0. The number of rotatable bonds is 5. The molecule has 1 aliphatic rings. The molecule has 1 fully saturated rings. The van der Waals surface area contributed by atoms with Gasteiger partial charge in [0.15, 0.2) is 5.76 Å². The van der Waals surface area contributed by atoms with Crippen LogP contribution < -0.4 is 5.43 Å². The fourth-order valence-electron chi connectivity index (χ4n) is 1.92. The molecule has 0 amide bonds. The topological polar surface area (TPSA) is 24.5 Å². The number of nitrogens with zero attached hydrogens (tertiary/aromatic N) is 1. The Kier molecular flexibility index (Phi) is 5.48. The Bertz CT molecular complexity index is 228. The van der Waals surface area contributed by atoms with Crippen LogP contribution in [-0.2, 0) is 4.74 Å². The summed E-state index contributed by atoms with van der Waals surface area (Å²) in [5, 5.41) is 2.29. The van der Waals surface area contributed by atoms with Crippen molar-refractivity contribution in [1.29, 1.82) is 0 Å². The van der Waals surface area contributed by atoms with Crippen molar-refractivity contribution in [2.24, 2.45) is 0 Å². The van der Waals surface area contributed by atoms with Gasteiger partial charge in [0.25, 0.3) is 0 Å². The first-order valence-electron chi connectivity index (χ1n) is 5.76. The molecule has 0 bridgehead atoms. The summed E-state index contributed by atoms with van der Waals surface area (Å²) in [4.78, 5) is 0. The average molecular weight is 210 g/mol. The van der Waals surface area contributed by atoms with Gasteiger partial charge >= 0.3 is 0 Å². The lowest BCUT2D eigenvalue weighted by Crippen LogP contribution is -2.47. The van der Waals surface area contributed by atoms with E-state index < -0.39 is 0 Å². The maximum atomic E-state index is 5.25. The first-order valence-corrected chi connectivity index (χ1v) is 5.76. The van der Waals surface area contributed by atoms with Crippen LogP contribution in [0, 0.1) is 0 Å². The van der Waals surface area contributed by atoms with E-state index in [0.717, 1.165) is 25.3 Å². The molecule has 0 aromatic heterocycles. The zero-order valence-electron chi connectivity index (χ0n) is 9.88. The van der Waals surface area contributed by atoms with Crippen molar-refractivity contribution in [2.45, 2.75) is 38.6 Å². The van der Waals surface area contributed by atoms with Crippen LogP contribution in [0.15, 0.2) is 18.1 Å². The zero-order valence-corrected chi connectivity index (χ0v) is 9.88. The highest BCUT2D eigenvalue weighted by atomic mass is 16.5. The molecule has 1 heterocycles. The summed E-state index contributed by atoms with van der Waals surface area (Å²) in [6.07, 6.45) is 4.90. The number of hydrogen-bond donors (Lipinski definition) is 1. The van der Waals surface area contributed by atoms with Crippen LogP contribution in [0.4, 0.5) is 0 Å². The van der Waals surface area contributed by atoms with Gasteiger partial charge in [-0.3, -0.25) is 0 Å². The van der Waals surface area contributed by atoms with E-state index in [9.17, 15) is 0 Å². The van der Waals surface area contributed by atoms with Crippen molar-refractivity contribution in [3.05, 3.63) is 18.1 Å². The van der Waals surface area contributed by atoms with Crippen molar-refractivity contribution in [3.8, 4) is 0 Å². The molecule has 0 radical (unpaired) electrons. The number of ether oxygens (including phenoxy) is 1. The monoisotopic (exact) mass is 210 g/mol. The molecule has 1 rings (SSSR count). The van der Waals surface area contributed by atoms with E-state index in [1.54, 1.807) is 7.11 Å². The van der Waals surface area contributed by atoms with Crippen LogP contribution in [0.3, 0.4) is 0 Å². The molecular weight excluding hydrogens is 188 g/mol. The standard InChI is InChI=1S/C12H22N2O/c1-4-11(12(5-2)15-3)13-14-9-7-6-8-10-14/h11,13H,2,4,6-10H2,1,3H3. The van der Waals surface area contributed by atoms with E-state index in [2.05, 4.69) is 29.7 Å². The normalized spacial score (nSPS) is 19.3. The SMILES string of the molecule is C=C=C(OC)C(CC)NN1CCCCC1. The Balaban J connectivity index is 2.48. The van der Waals surface area contributed by atoms with Gasteiger partial charge in [-0.25, -0.2) is 10.4 Å². The third-order valence-corrected chi connectivity index (χ3v) is 2.81. The molecule has 0 aliphatic carbocycles. The molecule has 0 spiro atoms. The predicted octanol–water partition coefficient (Wildman–Crippen LogP) is 2.07. The first kappa shape index (κ1) is 12.3. The highest BCUT2D eigenvalue weighted by molar-refractivity contribution is 4.99. The first-order chi connectivity index (χ1) is 7.31. The minimum atomic E-state index is 0.214. The van der Waals surface area contributed by atoms with Gasteiger partial charge in [0.1, 0.15) is 0 Å². The summed E-state index contributed by atoms with van der Waals surface area (Å²) in [7, 11) is 1.67. The lowest BCUT2D eigenvalue weighted by Gasteiger charge is -2.31. The van der Waals surface area contributed by atoms with Gasteiger partial charge in [0.2, 0.25) is 0 Å². The minimum Gasteiger partial charge on any atom is -0.491 e. The number of methoxy groups -OCH3 is 1. The molecule has 86 valence electrons. The molecule has 1 N–H and O–H groups in total. The number of hydrazine groups is 1. The van der Waals surface area contributed by atoms with Crippen LogP contribution >= 0.6 is 0 Å². The van der Waals surface area contributed by atoms with E-state index in [0.29, 0.717) is 0 Å². The van der Waals surface area contributed by atoms with Gasteiger partial charge in [0.05, 0.1) is 13.2 Å². The molecule has 3 heteroatoms. The van der Waals surface area contributed by atoms with Gasteiger partial charge in [-0.15, -0.1) is 0 Å². The molecule has 1 unspecified atom stereocenters. The lowest BCUT2D eigenvalue weighted by molar-refractivity contribution is 0.114. The second kappa shape index (κ2) is 6.67. The molecule has 0 aromatic rings. The van der Waals surface area contributed by atoms with E-state index >= 15 is 0 Å². The number of nitrogens with one attached hydrogen (secondary N) is 1. The van der Waals surface area contributed by atoms with Gasteiger partial charge < -0.3 is 4.74 Å². The highest BCUT2D eigenvalue weighted by Gasteiger charge is 2.17. The van der Waals surface area contributed by atoms with Crippen molar-refractivity contribution in [1.82, 2.24) is 10.4 Å². The van der Waals surface area contributed by atoms with Crippen molar-refractivity contribution in [3.63, 3.8) is 0 Å². The Morgan fingerprint density at radius 2 is 2.13 bits per heavy atom. The molecule has 0 aromatic carbocycles. The van der Waals surface area contributed by atoms with Crippen LogP contribution in [0.1, 0.15) is 32.6 Å². The van der Waals surface area contributed by atoms with Gasteiger partial charge in [0, 0.05) is 13.1 Å². The van der Waals surface area contributed by atoms with Crippen molar-refractivity contribution < 1.29 is 4.74 Å². The van der Waals surface area contributed by atoms with Crippen molar-refractivity contribution >= 4 is 0 Å². The van der Waals surface area contributed by atoms with Crippen LogP contribution in [0.2, 0.25) is 0 Å². The second-order valence-corrected chi connectivity index (χ2v) is 3.88. The summed E-state index contributed by atoms with van der Waals surface area (Å²) in [5.74, 6) is 0.808. The third kappa shape index (κ3) is 3.71. The summed E-state index contributed by atoms with van der Waals surface area (Å²) in [6, 6.07) is 0.214. The molecule has 1 atom stereocenters. The number of hydrogen-bond acceptors (Lipinski definition) is 3. The minimum absolute atomic E-state index is 0.214. The third-order valence-electron chi connectivity index (χ3n) is 2.81. The zero-order chi connectivity index (χ0) is 11.1. The quantitative estimate of drug-likeness (QED) is 0.555. The fourth-order valence-corrected chi connectivity index (χ4v) is 1.92. The molecule has 0 saturated carbocycles. The largest absolute Gasteiger partial charge is 0.491 e. The fraction of sp³-hybridized carbons (Fsp3) is 0.750. The molecule has 1 saturated heterocycles. The Morgan fingerprint density at radius 3 is 2.60 bits per heavy atom. The predicted molar refractivity (Wildman–Crippen MR) is 62.3 cm³/mol. The maximum absolute atomic E-state index is 5.25. The van der Waals surface area contributed by atoms with Crippen LogP contribution in [0.5, 0.6) is 0 Å². The van der Waals surface area contributed by atoms with Crippen LogP contribution in [0.25, 0.3) is 0 Å². The Labute approximate surface area is 92.8 Å². The van der Waals surface area contributed by atoms with E-state index in [1.807, 2.05) is 0 Å². The van der Waals surface area contributed by atoms with Gasteiger partial charge in [-0.1, -0.05) is 25.7 Å². The Hall–Kier alpha value is -0.760. The molecule has 15 heavy (non-hydrogen) atoms. The van der Waals surface area contributed by atoms with Gasteiger partial charge in [-0.05, 0) is 19.3 Å². The van der Waals surface area contributed by atoms with E-state index in [-0.39, 0.29) is 6.04 Å². The van der Waals surface area contributed by atoms with Gasteiger partial charge in [-0.2, -0.15) is 0 Å². The number of piperidine rings is 1. The molecule has 1 aliphatic heterocycles. The van der Waals surface area contributed by atoms with Crippen LogP contribution in [-0.4, -0.2) is 31.3 Å². The van der Waals surface area contributed by atoms with Crippen molar-refractivity contribution in [2.75, 3.05) is 20.2 Å². The molecular formula is C12H22N2O. The van der Waals surface area contributed by atoms with E-state index in [4.69, 9.17) is 4.74 Å². The second-order valence-electron chi connectivity index (χ2n) is 3.88. The summed E-state index contributed by atoms with van der Waals surface area (Å²) in [6.45, 7) is 8.04. The maximum Gasteiger partial charge on any atom is 0.155 e. The Morgan fingerprint density at radius 1 is 1.47 bits per heavy atom. The summed E-state index contributed by atoms with van der Waals surface area (Å²) in [5.41, 5.74) is 6.32. The van der Waals surface area contributed by atoms with E-state index in [1.165, 1.54) is 19.3 Å². The average Bonchev–Trinajstić information content (AvgIpc) is 2.30. The molecule has 3 nitrogen and oxygen atoms in total. The summed E-state index contributed by atoms with van der Waals surface area (Å²) < 4.78 is 5.25. The lowest BCUT2D eigenvalue weighted by atomic mass is 10.1. The highest BCUT2D eigenvalue weighted by Crippen LogP contribution is 2.10.